The van der Waals surface area contributed by atoms with Crippen LogP contribution in [-0.4, -0.2) is 41.7 Å². The Bertz CT molecular complexity index is 1160. The zero-order valence-corrected chi connectivity index (χ0v) is 23.3. The van der Waals surface area contributed by atoms with E-state index in [1.807, 2.05) is 60.6 Å². The third-order valence-electron chi connectivity index (χ3n) is 7.17. The van der Waals surface area contributed by atoms with Crippen LogP contribution in [0.2, 0.25) is 0 Å². The minimum Gasteiger partial charge on any atom is -0.461 e. The topological polar surface area (TPSA) is 94.8 Å². The van der Waals surface area contributed by atoms with Crippen LogP contribution in [0.5, 0.6) is 0 Å². The molecule has 1 aliphatic carbocycles. The average Bonchev–Trinajstić information content (AvgIpc) is 3.53. The zero-order valence-electron chi connectivity index (χ0n) is 23.3. The van der Waals surface area contributed by atoms with E-state index in [0.29, 0.717) is 11.5 Å². The summed E-state index contributed by atoms with van der Waals surface area (Å²) in [6.07, 6.45) is 2.54. The van der Waals surface area contributed by atoms with E-state index < -0.39 is 23.6 Å². The molecule has 37 heavy (non-hydrogen) atoms. The monoisotopic (exact) mass is 507 g/mol. The number of nitrogens with zero attached hydrogens (tertiary/aromatic N) is 2. The van der Waals surface area contributed by atoms with Gasteiger partial charge < -0.3 is 20.1 Å². The Balaban J connectivity index is 1.93. The van der Waals surface area contributed by atoms with Gasteiger partial charge in [-0.2, -0.15) is 0 Å². The first-order valence-corrected chi connectivity index (χ1v) is 13.4. The number of rotatable bonds is 8. The van der Waals surface area contributed by atoms with Gasteiger partial charge in [-0.25, -0.2) is 4.79 Å². The van der Waals surface area contributed by atoms with Gasteiger partial charge in [0.2, 0.25) is 5.91 Å². The van der Waals surface area contributed by atoms with Gasteiger partial charge in [-0.1, -0.05) is 12.1 Å². The fourth-order valence-corrected chi connectivity index (χ4v) is 5.45. The molecule has 0 bridgehead atoms. The molecule has 1 aromatic carbocycles. The summed E-state index contributed by atoms with van der Waals surface area (Å²) >= 11 is 0. The smallest absolute Gasteiger partial charge is 0.340 e. The van der Waals surface area contributed by atoms with Gasteiger partial charge in [0, 0.05) is 41.2 Å². The molecule has 0 spiro atoms. The lowest BCUT2D eigenvalue weighted by atomic mass is 9.93. The first-order chi connectivity index (χ1) is 17.4. The number of aromatic nitrogens is 1. The van der Waals surface area contributed by atoms with E-state index in [2.05, 4.69) is 4.90 Å². The van der Waals surface area contributed by atoms with Gasteiger partial charge in [0.25, 0.3) is 0 Å². The largest absolute Gasteiger partial charge is 0.461 e. The number of carbonyl (C=O) groups is 2. The Morgan fingerprint density at radius 1 is 1.03 bits per heavy atom. The van der Waals surface area contributed by atoms with Gasteiger partial charge in [-0.3, -0.25) is 9.78 Å². The fraction of sp³-hybridized carbons (Fsp3) is 0.567. The van der Waals surface area contributed by atoms with Crippen molar-refractivity contribution in [3.05, 3.63) is 46.8 Å². The maximum Gasteiger partial charge on any atom is 0.340 e. The molecule has 7 nitrogen and oxygen atoms in total. The summed E-state index contributed by atoms with van der Waals surface area (Å²) in [5.74, 6) is 0.570. The zero-order chi connectivity index (χ0) is 27.1. The summed E-state index contributed by atoms with van der Waals surface area (Å²) in [6, 6.07) is 7.31. The summed E-state index contributed by atoms with van der Waals surface area (Å²) in [7, 11) is 0. The maximum absolute atomic E-state index is 13.5. The molecule has 1 saturated carbocycles. The third-order valence-corrected chi connectivity index (χ3v) is 7.17. The molecule has 1 aromatic heterocycles. The van der Waals surface area contributed by atoms with Crippen molar-refractivity contribution in [1.82, 2.24) is 4.98 Å². The number of pyridine rings is 1. The Hall–Kier alpha value is -2.93. The summed E-state index contributed by atoms with van der Waals surface area (Å²) in [5.41, 5.74) is 10.6. The molecule has 1 amide bonds. The molecule has 1 aliphatic heterocycles. The molecule has 2 aromatic rings. The number of primary amides is 1. The van der Waals surface area contributed by atoms with E-state index in [1.165, 1.54) is 12.8 Å². The molecular weight excluding hydrogens is 466 g/mol. The van der Waals surface area contributed by atoms with Crippen LogP contribution >= 0.6 is 0 Å². The van der Waals surface area contributed by atoms with E-state index >= 15 is 0 Å². The van der Waals surface area contributed by atoms with Gasteiger partial charge in [0.15, 0.2) is 6.10 Å². The van der Waals surface area contributed by atoms with Crippen molar-refractivity contribution in [3.8, 4) is 11.1 Å². The molecule has 1 unspecified atom stereocenters. The second kappa shape index (κ2) is 10.4. The van der Waals surface area contributed by atoms with Gasteiger partial charge in [0.05, 0.1) is 17.4 Å². The highest BCUT2D eigenvalue weighted by Crippen LogP contribution is 2.47. The molecule has 0 radical (unpaired) electrons. The molecule has 1 saturated heterocycles. The van der Waals surface area contributed by atoms with Crippen molar-refractivity contribution in [1.29, 1.82) is 0 Å². The van der Waals surface area contributed by atoms with Crippen molar-refractivity contribution in [2.24, 2.45) is 17.6 Å². The highest BCUT2D eigenvalue weighted by Gasteiger charge is 2.40. The van der Waals surface area contributed by atoms with Crippen molar-refractivity contribution in [2.45, 2.75) is 85.5 Å². The Morgan fingerprint density at radius 3 is 2.22 bits per heavy atom. The number of carbonyl (C=O) groups excluding carboxylic acids is 2. The SMILES string of the molecule is Cc1nc(C)c([C@H](OC(C)(C)C)C(=O)OC(C)C)c(N2CCC(C3CC3)C2)c1-c1ccc(C(N)=O)cc1. The molecular formula is C30H41N3O4. The van der Waals surface area contributed by atoms with E-state index in [-0.39, 0.29) is 6.10 Å². The summed E-state index contributed by atoms with van der Waals surface area (Å²) in [5, 5.41) is 0. The fourth-order valence-electron chi connectivity index (χ4n) is 5.45. The van der Waals surface area contributed by atoms with Crippen LogP contribution in [0.25, 0.3) is 11.1 Å². The number of esters is 1. The average molecular weight is 508 g/mol. The number of anilines is 1. The Labute approximate surface area is 220 Å². The Kier molecular flexibility index (Phi) is 7.65. The van der Waals surface area contributed by atoms with Crippen LogP contribution in [0.3, 0.4) is 0 Å². The molecule has 2 atom stereocenters. The van der Waals surface area contributed by atoms with Crippen LogP contribution in [-0.2, 0) is 14.3 Å². The van der Waals surface area contributed by atoms with Gasteiger partial charge >= 0.3 is 5.97 Å². The van der Waals surface area contributed by atoms with E-state index in [0.717, 1.165) is 59.2 Å². The lowest BCUT2D eigenvalue weighted by Crippen LogP contribution is -2.33. The molecule has 200 valence electrons. The second-order valence-electron chi connectivity index (χ2n) is 11.8. The van der Waals surface area contributed by atoms with Gasteiger partial charge in [-0.05, 0) is 97.3 Å². The highest BCUT2D eigenvalue weighted by atomic mass is 16.6. The van der Waals surface area contributed by atoms with Crippen LogP contribution in [0.1, 0.15) is 87.3 Å². The minimum absolute atomic E-state index is 0.271. The van der Waals surface area contributed by atoms with Crippen LogP contribution in [0.15, 0.2) is 24.3 Å². The lowest BCUT2D eigenvalue weighted by molar-refractivity contribution is -0.171. The standard InChI is InChI=1S/C30H41N3O4/c1-17(2)36-29(35)27(37-30(5,6)7)25-19(4)32-18(3)24(21-10-12-22(13-11-21)28(31)34)26(25)33-15-14-23(16-33)20-8-9-20/h10-13,17,20,23,27H,8-9,14-16H2,1-7H3,(H2,31,34)/t23?,27-/m0/s1. The number of benzene rings is 1. The molecule has 4 rings (SSSR count). The maximum atomic E-state index is 13.5. The predicted molar refractivity (Wildman–Crippen MR) is 146 cm³/mol. The van der Waals surface area contributed by atoms with Crippen molar-refractivity contribution >= 4 is 17.6 Å². The first-order valence-electron chi connectivity index (χ1n) is 13.4. The number of aryl methyl sites for hydroxylation is 2. The molecule has 7 heteroatoms. The Morgan fingerprint density at radius 2 is 1.68 bits per heavy atom. The second-order valence-corrected chi connectivity index (χ2v) is 11.8. The molecule has 2 aliphatic rings. The number of amides is 1. The van der Waals surface area contributed by atoms with Crippen LogP contribution < -0.4 is 10.6 Å². The van der Waals surface area contributed by atoms with Gasteiger partial charge in [0.1, 0.15) is 0 Å². The first kappa shape index (κ1) is 27.1. The van der Waals surface area contributed by atoms with E-state index in [1.54, 1.807) is 12.1 Å². The van der Waals surface area contributed by atoms with E-state index in [9.17, 15) is 9.59 Å². The molecule has 2 N–H and O–H groups in total. The third kappa shape index (κ3) is 6.15. The summed E-state index contributed by atoms with van der Waals surface area (Å²) < 4.78 is 12.1. The number of nitrogens with two attached hydrogens (primary N) is 1. The van der Waals surface area contributed by atoms with Crippen LogP contribution in [0, 0.1) is 25.7 Å². The predicted octanol–water partition coefficient (Wildman–Crippen LogP) is 5.51. The molecule has 2 heterocycles. The minimum atomic E-state index is -0.922. The lowest BCUT2D eigenvalue weighted by Gasteiger charge is -2.33. The van der Waals surface area contributed by atoms with Gasteiger partial charge in [-0.15, -0.1) is 0 Å². The number of hydrogen-bond acceptors (Lipinski definition) is 6. The number of ether oxygens (including phenoxy) is 2. The summed E-state index contributed by atoms with van der Waals surface area (Å²) in [6.45, 7) is 15.3. The van der Waals surface area contributed by atoms with Crippen LogP contribution in [0.4, 0.5) is 5.69 Å². The van der Waals surface area contributed by atoms with Crippen molar-refractivity contribution < 1.29 is 19.1 Å². The molecule has 2 fully saturated rings. The summed E-state index contributed by atoms with van der Waals surface area (Å²) in [4.78, 5) is 32.6. The number of hydrogen-bond donors (Lipinski definition) is 1. The van der Waals surface area contributed by atoms with Crippen molar-refractivity contribution in [3.63, 3.8) is 0 Å². The van der Waals surface area contributed by atoms with Crippen molar-refractivity contribution in [2.75, 3.05) is 18.0 Å². The highest BCUT2D eigenvalue weighted by molar-refractivity contribution is 5.94. The quantitative estimate of drug-likeness (QED) is 0.474. The normalized spacial score (nSPS) is 18.8. The van der Waals surface area contributed by atoms with E-state index in [4.69, 9.17) is 20.2 Å².